The van der Waals surface area contributed by atoms with E-state index in [-0.39, 0.29) is 11.6 Å². The second kappa shape index (κ2) is 6.29. The van der Waals surface area contributed by atoms with Crippen LogP contribution in [0.2, 0.25) is 0 Å². The maximum Gasteiger partial charge on any atom is 0.433 e. The summed E-state index contributed by atoms with van der Waals surface area (Å²) in [5.74, 6) is -0.691. The van der Waals surface area contributed by atoms with Crippen molar-refractivity contribution >= 4 is 12.0 Å². The first-order chi connectivity index (χ1) is 10.4. The van der Waals surface area contributed by atoms with Gasteiger partial charge in [0, 0.05) is 6.07 Å². The van der Waals surface area contributed by atoms with E-state index in [0.29, 0.717) is 6.07 Å². The number of halogens is 3. The summed E-state index contributed by atoms with van der Waals surface area (Å²) in [5.41, 5.74) is -1.24. The molecule has 1 aromatic heterocycles. The fourth-order valence-electron chi connectivity index (χ4n) is 1.44. The lowest BCUT2D eigenvalue weighted by Gasteiger charge is -2.10. The quantitative estimate of drug-likeness (QED) is 0.942. The minimum atomic E-state index is -4.70. The maximum atomic E-state index is 12.7. The minimum absolute atomic E-state index is 0.221. The number of ether oxygens (including phenoxy) is 2. The Bertz CT molecular complexity index is 663. The molecule has 0 spiro atoms. The molecule has 0 aliphatic heterocycles. The number of amides is 1. The Kier molecular flexibility index (Phi) is 4.44. The van der Waals surface area contributed by atoms with Gasteiger partial charge in [-0.2, -0.15) is 18.2 Å². The van der Waals surface area contributed by atoms with E-state index in [1.807, 2.05) is 5.32 Å². The molecule has 22 heavy (non-hydrogen) atoms. The summed E-state index contributed by atoms with van der Waals surface area (Å²) in [6, 6.07) is 8.61. The first-order valence-electron chi connectivity index (χ1n) is 5.92. The topological polar surface area (TPSA) is 73.3 Å². The molecule has 0 saturated carbocycles. The van der Waals surface area contributed by atoms with Gasteiger partial charge in [0.2, 0.25) is 11.8 Å². The molecule has 0 saturated heterocycles. The van der Waals surface area contributed by atoms with Crippen LogP contribution in [0.1, 0.15) is 5.69 Å². The smallest absolute Gasteiger partial charge is 0.433 e. The van der Waals surface area contributed by atoms with Crippen molar-refractivity contribution in [2.75, 3.05) is 12.4 Å². The zero-order chi connectivity index (χ0) is 16.2. The minimum Gasteiger partial charge on any atom is -0.481 e. The van der Waals surface area contributed by atoms with Crippen molar-refractivity contribution in [3.63, 3.8) is 0 Å². The molecule has 0 bridgehead atoms. The molecule has 0 fully saturated rings. The lowest BCUT2D eigenvalue weighted by molar-refractivity contribution is -0.141. The van der Waals surface area contributed by atoms with Gasteiger partial charge in [-0.3, -0.25) is 5.32 Å². The normalized spacial score (nSPS) is 10.9. The summed E-state index contributed by atoms with van der Waals surface area (Å²) in [6.45, 7) is 0. The van der Waals surface area contributed by atoms with E-state index in [0.717, 1.165) is 7.11 Å². The highest BCUT2D eigenvalue weighted by Crippen LogP contribution is 2.30. The zero-order valence-corrected chi connectivity index (χ0v) is 11.2. The number of anilines is 1. The van der Waals surface area contributed by atoms with Crippen molar-refractivity contribution in [1.29, 1.82) is 0 Å². The number of para-hydroxylation sites is 1. The predicted octanol–water partition coefficient (Wildman–Crippen LogP) is 3.11. The van der Waals surface area contributed by atoms with Crippen LogP contribution in [-0.2, 0) is 6.18 Å². The number of nitrogens with zero attached hydrogens (tertiary/aromatic N) is 2. The van der Waals surface area contributed by atoms with Gasteiger partial charge in [0.05, 0.1) is 7.11 Å². The van der Waals surface area contributed by atoms with Gasteiger partial charge in [-0.15, -0.1) is 0 Å². The van der Waals surface area contributed by atoms with Crippen molar-refractivity contribution in [3.05, 3.63) is 42.1 Å². The van der Waals surface area contributed by atoms with Crippen LogP contribution in [0.25, 0.3) is 0 Å². The summed E-state index contributed by atoms with van der Waals surface area (Å²) in [5, 5.41) is 2.01. The van der Waals surface area contributed by atoms with Crippen LogP contribution in [0.15, 0.2) is 36.4 Å². The van der Waals surface area contributed by atoms with Crippen LogP contribution in [0, 0.1) is 0 Å². The Balaban J connectivity index is 2.16. The number of nitrogens with one attached hydrogen (secondary N) is 1. The Morgan fingerprint density at radius 2 is 1.86 bits per heavy atom. The third-order valence-electron chi connectivity index (χ3n) is 2.37. The summed E-state index contributed by atoms with van der Waals surface area (Å²) < 4.78 is 47.5. The lowest BCUT2D eigenvalue weighted by atomic mass is 10.3. The molecule has 6 nitrogen and oxygen atoms in total. The monoisotopic (exact) mass is 313 g/mol. The predicted molar refractivity (Wildman–Crippen MR) is 69.7 cm³/mol. The van der Waals surface area contributed by atoms with E-state index in [4.69, 9.17) is 4.74 Å². The number of alkyl halides is 3. The highest BCUT2D eigenvalue weighted by molar-refractivity contribution is 5.84. The average molecular weight is 313 g/mol. The van der Waals surface area contributed by atoms with Gasteiger partial charge < -0.3 is 9.47 Å². The summed E-state index contributed by atoms with van der Waals surface area (Å²) in [7, 11) is 1.15. The fraction of sp³-hybridized carbons (Fsp3) is 0.154. The van der Waals surface area contributed by atoms with Gasteiger partial charge >= 0.3 is 12.3 Å². The number of aromatic nitrogens is 2. The van der Waals surface area contributed by atoms with E-state index in [2.05, 4.69) is 14.7 Å². The van der Waals surface area contributed by atoms with Gasteiger partial charge in [0.15, 0.2) is 5.69 Å². The Hall–Kier alpha value is -2.84. The molecule has 1 amide bonds. The first-order valence-corrected chi connectivity index (χ1v) is 5.92. The number of rotatable bonds is 3. The molecule has 0 aliphatic rings. The molecule has 0 atom stereocenters. The second-order valence-corrected chi connectivity index (χ2v) is 3.94. The molecule has 2 rings (SSSR count). The molecule has 1 aromatic carbocycles. The molecular weight excluding hydrogens is 303 g/mol. The van der Waals surface area contributed by atoms with E-state index in [9.17, 15) is 18.0 Å². The van der Waals surface area contributed by atoms with Gasteiger partial charge in [-0.25, -0.2) is 9.78 Å². The van der Waals surface area contributed by atoms with Crippen LogP contribution in [0.5, 0.6) is 11.6 Å². The van der Waals surface area contributed by atoms with Gasteiger partial charge in [-0.1, -0.05) is 18.2 Å². The van der Waals surface area contributed by atoms with Crippen molar-refractivity contribution in [2.45, 2.75) is 6.18 Å². The lowest BCUT2D eigenvalue weighted by Crippen LogP contribution is -2.20. The second-order valence-electron chi connectivity index (χ2n) is 3.94. The molecule has 1 N–H and O–H groups in total. The molecule has 1 heterocycles. The SMILES string of the molecule is COc1cc(C(F)(F)F)nc(NC(=O)Oc2ccccc2)n1. The number of hydrogen-bond donors (Lipinski definition) is 1. The largest absolute Gasteiger partial charge is 0.481 e. The van der Waals surface area contributed by atoms with Crippen LogP contribution < -0.4 is 14.8 Å². The summed E-state index contributed by atoms with van der Waals surface area (Å²) in [4.78, 5) is 18.4. The van der Waals surface area contributed by atoms with E-state index in [1.54, 1.807) is 18.2 Å². The molecule has 116 valence electrons. The van der Waals surface area contributed by atoms with Crippen molar-refractivity contribution in [1.82, 2.24) is 9.97 Å². The van der Waals surface area contributed by atoms with Gasteiger partial charge in [0.1, 0.15) is 5.75 Å². The molecule has 0 aliphatic carbocycles. The Labute approximate surface area is 122 Å². The van der Waals surface area contributed by atoms with E-state index in [1.165, 1.54) is 12.1 Å². The number of methoxy groups -OCH3 is 1. The number of carbonyl (C=O) groups excluding carboxylic acids is 1. The molecule has 2 aromatic rings. The first kappa shape index (κ1) is 15.5. The number of carbonyl (C=O) groups is 1. The molecule has 0 radical (unpaired) electrons. The highest BCUT2D eigenvalue weighted by Gasteiger charge is 2.34. The highest BCUT2D eigenvalue weighted by atomic mass is 19.4. The summed E-state index contributed by atoms with van der Waals surface area (Å²) in [6.07, 6.45) is -5.72. The zero-order valence-electron chi connectivity index (χ0n) is 11.2. The average Bonchev–Trinajstić information content (AvgIpc) is 2.46. The molecule has 0 unspecified atom stereocenters. The van der Waals surface area contributed by atoms with Crippen molar-refractivity contribution < 1.29 is 27.4 Å². The third-order valence-corrected chi connectivity index (χ3v) is 2.37. The molecule has 9 heteroatoms. The van der Waals surface area contributed by atoms with E-state index < -0.39 is 23.9 Å². The van der Waals surface area contributed by atoms with Gasteiger partial charge in [-0.05, 0) is 12.1 Å². The third kappa shape index (κ3) is 4.08. The fourth-order valence-corrected chi connectivity index (χ4v) is 1.44. The molecular formula is C13H10F3N3O3. The standard InChI is InChI=1S/C13H10F3N3O3/c1-21-10-7-9(13(14,15)16)17-11(18-10)19-12(20)22-8-5-3-2-4-6-8/h2-7H,1H3,(H,17,18,19,20). The van der Waals surface area contributed by atoms with Crippen LogP contribution in [0.4, 0.5) is 23.9 Å². The van der Waals surface area contributed by atoms with Crippen LogP contribution in [0.3, 0.4) is 0 Å². The van der Waals surface area contributed by atoms with Crippen molar-refractivity contribution in [3.8, 4) is 11.6 Å². The maximum absolute atomic E-state index is 12.7. The number of benzene rings is 1. The van der Waals surface area contributed by atoms with Crippen LogP contribution in [-0.4, -0.2) is 23.2 Å². The summed E-state index contributed by atoms with van der Waals surface area (Å²) >= 11 is 0. The Morgan fingerprint density at radius 3 is 2.45 bits per heavy atom. The van der Waals surface area contributed by atoms with Crippen molar-refractivity contribution in [2.24, 2.45) is 0 Å². The van der Waals surface area contributed by atoms with Gasteiger partial charge in [0.25, 0.3) is 0 Å². The number of hydrogen-bond acceptors (Lipinski definition) is 5. The van der Waals surface area contributed by atoms with E-state index >= 15 is 0 Å². The Morgan fingerprint density at radius 1 is 1.18 bits per heavy atom. The van der Waals surface area contributed by atoms with Crippen LogP contribution >= 0.6 is 0 Å².